The summed E-state index contributed by atoms with van der Waals surface area (Å²) in [6.45, 7) is 2.01. The topological polar surface area (TPSA) is 79.1 Å². The lowest BCUT2D eigenvalue weighted by molar-refractivity contribution is 1.05. The number of hydrazine groups is 1. The molecule has 0 radical (unpaired) electrons. The van der Waals surface area contributed by atoms with E-state index in [1.165, 1.54) is 6.34 Å². The van der Waals surface area contributed by atoms with Crippen molar-refractivity contribution >= 4 is 35.7 Å². The maximum absolute atomic E-state index is 5.06. The highest BCUT2D eigenvalue weighted by Crippen LogP contribution is 2.18. The molecule has 6 heteroatoms. The quantitative estimate of drug-likeness (QED) is 0.313. The third-order valence-electron chi connectivity index (χ3n) is 1.96. The predicted octanol–water partition coefficient (Wildman–Crippen LogP) is 1.42. The van der Waals surface area contributed by atoms with Crippen molar-refractivity contribution in [1.82, 2.24) is 15.4 Å². The van der Waals surface area contributed by atoms with Gasteiger partial charge in [-0.25, -0.2) is 15.8 Å². The molecule has 0 spiro atoms. The second-order valence-corrected chi connectivity index (χ2v) is 2.96. The van der Waals surface area contributed by atoms with Gasteiger partial charge in [0.05, 0.1) is 11.0 Å². The molecule has 1 aromatic heterocycles. The second kappa shape index (κ2) is 4.77. The van der Waals surface area contributed by atoms with E-state index in [1.54, 1.807) is 0 Å². The smallest absolute Gasteiger partial charge is 0.229 e. The molecule has 0 fully saturated rings. The van der Waals surface area contributed by atoms with Gasteiger partial charge in [0.25, 0.3) is 0 Å². The number of para-hydroxylation sites is 1. The molecule has 1 aromatic carbocycles. The molecule has 5 nitrogen and oxygen atoms in total. The van der Waals surface area contributed by atoms with Gasteiger partial charge in [-0.1, -0.05) is 12.1 Å². The molecular weight excluding hydrogens is 214 g/mol. The summed E-state index contributed by atoms with van der Waals surface area (Å²) in [6, 6.07) is 5.95. The standard InChI is InChI=1S/C9H11N5.ClH/c1-6-3-2-4-7-8(6)14-9(13-7)11-5-12-10;/h2-5H,10H2,1H3,(H2,11,12,13,14);1H. The zero-order valence-corrected chi connectivity index (χ0v) is 9.01. The number of hydrogen-bond donors (Lipinski definition) is 3. The normalized spacial score (nSPS) is 10.5. The number of aromatic amines is 1. The van der Waals surface area contributed by atoms with Gasteiger partial charge in [0.2, 0.25) is 5.95 Å². The van der Waals surface area contributed by atoms with Crippen molar-refractivity contribution in [2.24, 2.45) is 10.8 Å². The first-order chi connectivity index (χ1) is 6.81. The molecule has 15 heavy (non-hydrogen) atoms. The van der Waals surface area contributed by atoms with Crippen molar-refractivity contribution in [1.29, 1.82) is 0 Å². The number of benzene rings is 1. The number of hydrogen-bond acceptors (Lipinski definition) is 3. The highest BCUT2D eigenvalue weighted by molar-refractivity contribution is 5.85. The lowest BCUT2D eigenvalue weighted by Crippen LogP contribution is -2.18. The van der Waals surface area contributed by atoms with Crippen LogP contribution in [0.2, 0.25) is 0 Å². The Bertz CT molecular complexity index is 476. The molecule has 0 saturated carbocycles. The number of H-pyrrole nitrogens is 1. The van der Waals surface area contributed by atoms with Crippen molar-refractivity contribution in [2.75, 3.05) is 0 Å². The number of aryl methyl sites for hydroxylation is 1. The highest BCUT2D eigenvalue weighted by Gasteiger charge is 2.02. The largest absolute Gasteiger partial charge is 0.322 e. The van der Waals surface area contributed by atoms with Crippen LogP contribution in [-0.2, 0) is 0 Å². The highest BCUT2D eigenvalue weighted by atomic mass is 35.5. The molecule has 4 N–H and O–H groups in total. The van der Waals surface area contributed by atoms with E-state index >= 15 is 0 Å². The van der Waals surface area contributed by atoms with E-state index in [9.17, 15) is 0 Å². The first-order valence-corrected chi connectivity index (χ1v) is 4.25. The SMILES string of the molecule is Cc1cccc2[nH]c(N=CNN)nc12.Cl. The fraction of sp³-hybridized carbons (Fsp3) is 0.111. The van der Waals surface area contributed by atoms with Crippen LogP contribution in [0.5, 0.6) is 0 Å². The number of aromatic nitrogens is 2. The first kappa shape index (κ1) is 11.5. The van der Waals surface area contributed by atoms with E-state index in [0.29, 0.717) is 5.95 Å². The summed E-state index contributed by atoms with van der Waals surface area (Å²) < 4.78 is 0. The maximum atomic E-state index is 5.06. The van der Waals surface area contributed by atoms with Crippen molar-refractivity contribution in [2.45, 2.75) is 6.92 Å². The van der Waals surface area contributed by atoms with E-state index < -0.39 is 0 Å². The number of nitrogens with two attached hydrogens (primary N) is 1. The molecule has 0 aliphatic heterocycles. The van der Waals surface area contributed by atoms with Gasteiger partial charge >= 0.3 is 0 Å². The van der Waals surface area contributed by atoms with Crippen LogP contribution in [0, 0.1) is 6.92 Å². The molecule has 0 amide bonds. The van der Waals surface area contributed by atoms with E-state index in [4.69, 9.17) is 5.84 Å². The number of fused-ring (bicyclic) bond motifs is 1. The van der Waals surface area contributed by atoms with Gasteiger partial charge in [-0.05, 0) is 18.6 Å². The third-order valence-corrected chi connectivity index (χ3v) is 1.96. The minimum atomic E-state index is 0. The summed E-state index contributed by atoms with van der Waals surface area (Å²) in [6.07, 6.45) is 1.38. The van der Waals surface area contributed by atoms with Crippen molar-refractivity contribution in [3.05, 3.63) is 23.8 Å². The minimum absolute atomic E-state index is 0. The van der Waals surface area contributed by atoms with Crippen LogP contribution in [0.4, 0.5) is 5.95 Å². The van der Waals surface area contributed by atoms with Gasteiger partial charge in [-0.2, -0.15) is 0 Å². The van der Waals surface area contributed by atoms with Gasteiger partial charge in [-0.3, -0.25) is 0 Å². The van der Waals surface area contributed by atoms with Gasteiger partial charge in [0.15, 0.2) is 0 Å². The van der Waals surface area contributed by atoms with Gasteiger partial charge in [0, 0.05) is 0 Å². The van der Waals surface area contributed by atoms with Crippen molar-refractivity contribution in [3.63, 3.8) is 0 Å². The van der Waals surface area contributed by atoms with Crippen molar-refractivity contribution < 1.29 is 0 Å². The Morgan fingerprint density at radius 2 is 2.33 bits per heavy atom. The first-order valence-electron chi connectivity index (χ1n) is 4.25. The molecular formula is C9H12ClN5. The number of imidazole rings is 1. The zero-order valence-electron chi connectivity index (χ0n) is 8.19. The Morgan fingerprint density at radius 3 is 3.00 bits per heavy atom. The van der Waals surface area contributed by atoms with Gasteiger partial charge in [-0.15, -0.1) is 12.4 Å². The number of halogens is 1. The molecule has 80 valence electrons. The molecule has 2 aromatic rings. The number of rotatable bonds is 2. The van der Waals surface area contributed by atoms with Crippen LogP contribution in [0.3, 0.4) is 0 Å². The molecule has 0 aliphatic carbocycles. The molecule has 2 rings (SSSR count). The average Bonchev–Trinajstić information content (AvgIpc) is 2.59. The molecule has 1 heterocycles. The molecule has 0 saturated heterocycles. The van der Waals surface area contributed by atoms with Crippen LogP contribution in [-0.4, -0.2) is 16.3 Å². The van der Waals surface area contributed by atoms with E-state index in [0.717, 1.165) is 16.6 Å². The maximum Gasteiger partial charge on any atom is 0.229 e. The monoisotopic (exact) mass is 225 g/mol. The molecule has 0 aliphatic rings. The van der Waals surface area contributed by atoms with E-state index in [-0.39, 0.29) is 12.4 Å². The lowest BCUT2D eigenvalue weighted by atomic mass is 10.2. The number of nitrogens with one attached hydrogen (secondary N) is 2. The zero-order chi connectivity index (χ0) is 9.97. The lowest BCUT2D eigenvalue weighted by Gasteiger charge is -1.90. The Balaban J connectivity index is 0.00000112. The second-order valence-electron chi connectivity index (χ2n) is 2.96. The third kappa shape index (κ3) is 2.26. The van der Waals surface area contributed by atoms with Crippen LogP contribution in [0.15, 0.2) is 23.2 Å². The van der Waals surface area contributed by atoms with Crippen LogP contribution >= 0.6 is 12.4 Å². The fourth-order valence-electron chi connectivity index (χ4n) is 1.32. The summed E-state index contributed by atoms with van der Waals surface area (Å²) in [4.78, 5) is 11.3. The molecule has 0 bridgehead atoms. The van der Waals surface area contributed by atoms with E-state index in [1.807, 2.05) is 25.1 Å². The summed E-state index contributed by atoms with van der Waals surface area (Å²) >= 11 is 0. The Kier molecular flexibility index (Phi) is 3.65. The predicted molar refractivity (Wildman–Crippen MR) is 63.6 cm³/mol. The Morgan fingerprint density at radius 1 is 1.53 bits per heavy atom. The van der Waals surface area contributed by atoms with Gasteiger partial charge < -0.3 is 10.4 Å². The average molecular weight is 226 g/mol. The van der Waals surface area contributed by atoms with Gasteiger partial charge in [0.1, 0.15) is 6.34 Å². The fourth-order valence-corrected chi connectivity index (χ4v) is 1.32. The molecule has 0 atom stereocenters. The summed E-state index contributed by atoms with van der Waals surface area (Å²) in [5.74, 6) is 5.61. The number of aliphatic imine (C=N–C) groups is 1. The number of nitrogens with zero attached hydrogens (tertiary/aromatic N) is 2. The van der Waals surface area contributed by atoms with Crippen LogP contribution in [0.25, 0.3) is 11.0 Å². The van der Waals surface area contributed by atoms with Crippen molar-refractivity contribution in [3.8, 4) is 0 Å². The van der Waals surface area contributed by atoms with E-state index in [2.05, 4.69) is 20.4 Å². The van der Waals surface area contributed by atoms with Crippen LogP contribution in [0.1, 0.15) is 5.56 Å². The summed E-state index contributed by atoms with van der Waals surface area (Å²) in [5, 5.41) is 0. The summed E-state index contributed by atoms with van der Waals surface area (Å²) in [7, 11) is 0. The molecule has 0 unspecified atom stereocenters. The Labute approximate surface area is 93.2 Å². The summed E-state index contributed by atoms with van der Waals surface area (Å²) in [5.41, 5.74) is 5.37. The Hall–Kier alpha value is -1.59. The minimum Gasteiger partial charge on any atom is -0.322 e. The van der Waals surface area contributed by atoms with Crippen LogP contribution < -0.4 is 11.3 Å².